The number of hydrogen-bond donors (Lipinski definition) is 0. The second kappa shape index (κ2) is 8.44. The van der Waals surface area contributed by atoms with E-state index in [9.17, 15) is 9.18 Å². The number of allylic oxidation sites excluding steroid dienone is 1. The molecule has 0 radical (unpaired) electrons. The Balaban J connectivity index is 1.74. The van der Waals surface area contributed by atoms with Gasteiger partial charge < -0.3 is 0 Å². The first-order valence-electron chi connectivity index (χ1n) is 9.69. The molecule has 136 valence electrons. The van der Waals surface area contributed by atoms with E-state index in [1.165, 1.54) is 44.6 Å². The summed E-state index contributed by atoms with van der Waals surface area (Å²) in [5.41, 5.74) is 3.08. The van der Waals surface area contributed by atoms with E-state index in [1.807, 2.05) is 6.07 Å². The molecule has 1 fully saturated rings. The van der Waals surface area contributed by atoms with E-state index in [4.69, 9.17) is 0 Å². The van der Waals surface area contributed by atoms with E-state index in [0.29, 0.717) is 17.0 Å². The van der Waals surface area contributed by atoms with Crippen LogP contribution in [0.4, 0.5) is 4.39 Å². The van der Waals surface area contributed by atoms with Gasteiger partial charge in [0.25, 0.3) is 0 Å². The van der Waals surface area contributed by atoms with Gasteiger partial charge in [-0.3, -0.25) is 4.79 Å². The Morgan fingerprint density at radius 3 is 2.38 bits per heavy atom. The Kier molecular flexibility index (Phi) is 6.03. The molecule has 2 heteroatoms. The van der Waals surface area contributed by atoms with E-state index in [0.717, 1.165) is 17.0 Å². The highest BCUT2D eigenvalue weighted by Gasteiger charge is 2.22. The molecule has 26 heavy (non-hydrogen) atoms. The van der Waals surface area contributed by atoms with Crippen LogP contribution in [0.3, 0.4) is 0 Å². The molecule has 3 rings (SSSR count). The third-order valence-corrected chi connectivity index (χ3v) is 5.67. The van der Waals surface area contributed by atoms with Crippen LogP contribution in [0.5, 0.6) is 0 Å². The Morgan fingerprint density at radius 2 is 1.81 bits per heavy atom. The maximum atomic E-state index is 14.7. The van der Waals surface area contributed by atoms with Gasteiger partial charge in [-0.05, 0) is 60.8 Å². The molecule has 0 aliphatic heterocycles. The molecule has 0 aromatic heterocycles. The number of benzene rings is 2. The smallest absolute Gasteiger partial charge is 0.185 e. The molecule has 0 atom stereocenters. The molecular weight excluding hydrogens is 323 g/mol. The van der Waals surface area contributed by atoms with E-state index >= 15 is 0 Å². The van der Waals surface area contributed by atoms with Crippen molar-refractivity contribution in [3.05, 3.63) is 72.1 Å². The minimum atomic E-state index is -0.180. The summed E-state index contributed by atoms with van der Waals surface area (Å²) < 4.78 is 14.7. The van der Waals surface area contributed by atoms with Crippen molar-refractivity contribution in [2.24, 2.45) is 5.92 Å². The number of carbonyl (C=O) groups excluding carboxylic acids is 1. The maximum Gasteiger partial charge on any atom is 0.185 e. The average molecular weight is 350 g/mol. The predicted octanol–water partition coefficient (Wildman–Crippen LogP) is 6.94. The fourth-order valence-corrected chi connectivity index (χ4v) is 4.14. The molecule has 2 aromatic carbocycles. The summed E-state index contributed by atoms with van der Waals surface area (Å²) in [7, 11) is 0. The largest absolute Gasteiger partial charge is 0.289 e. The summed E-state index contributed by atoms with van der Waals surface area (Å²) in [5, 5.41) is 0. The molecule has 0 saturated heterocycles. The summed E-state index contributed by atoms with van der Waals surface area (Å²) in [5.74, 6) is 1.04. The Bertz CT molecular complexity index is 767. The molecule has 0 heterocycles. The van der Waals surface area contributed by atoms with Gasteiger partial charge in [-0.1, -0.05) is 62.7 Å². The Hall–Kier alpha value is -2.22. The molecule has 1 saturated carbocycles. The van der Waals surface area contributed by atoms with Crippen LogP contribution in [0.25, 0.3) is 11.1 Å². The third-order valence-electron chi connectivity index (χ3n) is 5.67. The Morgan fingerprint density at radius 1 is 1.12 bits per heavy atom. The predicted molar refractivity (Wildman–Crippen MR) is 106 cm³/mol. The number of ketones is 1. The van der Waals surface area contributed by atoms with E-state index in [2.05, 4.69) is 19.6 Å². The van der Waals surface area contributed by atoms with E-state index in [-0.39, 0.29) is 11.6 Å². The van der Waals surface area contributed by atoms with Gasteiger partial charge in [0.2, 0.25) is 0 Å². The van der Waals surface area contributed by atoms with Gasteiger partial charge in [-0.2, -0.15) is 0 Å². The molecule has 0 bridgehead atoms. The maximum absolute atomic E-state index is 14.7. The summed E-state index contributed by atoms with van der Waals surface area (Å²) in [6.07, 6.45) is 8.74. The van der Waals surface area contributed by atoms with Crippen LogP contribution in [0.2, 0.25) is 0 Å². The lowest BCUT2D eigenvalue weighted by molar-refractivity contribution is 0.104. The number of rotatable bonds is 6. The summed E-state index contributed by atoms with van der Waals surface area (Å²) in [6.45, 7) is 5.74. The van der Waals surface area contributed by atoms with Crippen molar-refractivity contribution in [3.63, 3.8) is 0 Å². The number of halogens is 1. The van der Waals surface area contributed by atoms with Gasteiger partial charge >= 0.3 is 0 Å². The van der Waals surface area contributed by atoms with Gasteiger partial charge in [-0.15, -0.1) is 0 Å². The summed E-state index contributed by atoms with van der Waals surface area (Å²) in [6, 6.07) is 12.7. The molecule has 0 N–H and O–H groups in total. The third kappa shape index (κ3) is 4.12. The van der Waals surface area contributed by atoms with E-state index in [1.54, 1.807) is 30.3 Å². The minimum Gasteiger partial charge on any atom is -0.289 e. The van der Waals surface area contributed by atoms with Crippen molar-refractivity contribution in [2.75, 3.05) is 0 Å². The van der Waals surface area contributed by atoms with Gasteiger partial charge in [0, 0.05) is 11.1 Å². The van der Waals surface area contributed by atoms with Gasteiger partial charge in [0.05, 0.1) is 0 Å². The average Bonchev–Trinajstić information content (AvgIpc) is 2.68. The molecular formula is C24H27FO. The highest BCUT2D eigenvalue weighted by molar-refractivity contribution is 6.04. The normalized spacial score (nSPS) is 19.9. The van der Waals surface area contributed by atoms with Crippen molar-refractivity contribution in [3.8, 4) is 11.1 Å². The fourth-order valence-electron chi connectivity index (χ4n) is 4.14. The molecule has 0 spiro atoms. The first-order chi connectivity index (χ1) is 12.6. The first-order valence-corrected chi connectivity index (χ1v) is 9.69. The van der Waals surface area contributed by atoms with Crippen LogP contribution in [-0.2, 0) is 0 Å². The van der Waals surface area contributed by atoms with Crippen molar-refractivity contribution in [1.82, 2.24) is 0 Å². The molecule has 1 aliphatic rings. The molecule has 2 aromatic rings. The number of hydrogen-bond acceptors (Lipinski definition) is 1. The topological polar surface area (TPSA) is 17.1 Å². The van der Waals surface area contributed by atoms with Gasteiger partial charge in [-0.25, -0.2) is 4.39 Å². The molecule has 0 amide bonds. The SMILES string of the molecule is C=CC(=O)c1ccc(-c2ccc(C3CCC(CCC)CC3)cc2F)cc1. The van der Waals surface area contributed by atoms with Crippen LogP contribution in [0.1, 0.15) is 67.3 Å². The standard InChI is InChI=1S/C24H27FO/c1-3-5-17-6-8-18(9-7-17)21-14-15-22(23(25)16-21)19-10-12-20(13-11-19)24(26)4-2/h4,10-18H,2-3,5-9H2,1H3. The first kappa shape index (κ1) is 18.6. The van der Waals surface area contributed by atoms with Crippen LogP contribution in [0, 0.1) is 11.7 Å². The Labute approximate surface area is 155 Å². The molecule has 0 unspecified atom stereocenters. The van der Waals surface area contributed by atoms with E-state index < -0.39 is 0 Å². The lowest BCUT2D eigenvalue weighted by Crippen LogP contribution is -2.13. The second-order valence-electron chi connectivity index (χ2n) is 7.39. The zero-order valence-electron chi connectivity index (χ0n) is 15.5. The second-order valence-corrected chi connectivity index (χ2v) is 7.39. The zero-order chi connectivity index (χ0) is 18.5. The van der Waals surface area contributed by atoms with Crippen molar-refractivity contribution in [1.29, 1.82) is 0 Å². The highest BCUT2D eigenvalue weighted by Crippen LogP contribution is 2.38. The monoisotopic (exact) mass is 350 g/mol. The summed E-state index contributed by atoms with van der Waals surface area (Å²) in [4.78, 5) is 11.6. The molecule has 1 aliphatic carbocycles. The highest BCUT2D eigenvalue weighted by atomic mass is 19.1. The van der Waals surface area contributed by atoms with Crippen LogP contribution < -0.4 is 0 Å². The van der Waals surface area contributed by atoms with Crippen LogP contribution >= 0.6 is 0 Å². The zero-order valence-corrected chi connectivity index (χ0v) is 15.5. The minimum absolute atomic E-state index is 0.119. The number of carbonyl (C=O) groups is 1. The fraction of sp³-hybridized carbons (Fsp3) is 0.375. The van der Waals surface area contributed by atoms with Crippen molar-refractivity contribution in [2.45, 2.75) is 51.4 Å². The summed E-state index contributed by atoms with van der Waals surface area (Å²) >= 11 is 0. The van der Waals surface area contributed by atoms with Crippen LogP contribution in [-0.4, -0.2) is 5.78 Å². The van der Waals surface area contributed by atoms with Crippen LogP contribution in [0.15, 0.2) is 55.1 Å². The molecule has 1 nitrogen and oxygen atoms in total. The van der Waals surface area contributed by atoms with Gasteiger partial charge in [0.1, 0.15) is 5.82 Å². The lowest BCUT2D eigenvalue weighted by Gasteiger charge is -2.28. The van der Waals surface area contributed by atoms with Crippen molar-refractivity contribution >= 4 is 5.78 Å². The lowest BCUT2D eigenvalue weighted by atomic mass is 9.77. The van der Waals surface area contributed by atoms with Crippen molar-refractivity contribution < 1.29 is 9.18 Å². The van der Waals surface area contributed by atoms with Gasteiger partial charge in [0.15, 0.2) is 5.78 Å². The quantitative estimate of drug-likeness (QED) is 0.407.